The fourth-order valence-corrected chi connectivity index (χ4v) is 1.80. The Morgan fingerprint density at radius 2 is 2.24 bits per heavy atom. The standard InChI is InChI=1S/C14H27N5O2/c1-12(2)21-9-5-8-16-14(20)11-19-10-13(17-18-19)6-3-4-7-15/h10,12H,3-9,11,15H2,1-2H3,(H,16,20). The summed E-state index contributed by atoms with van der Waals surface area (Å²) in [6.45, 7) is 6.16. The Kier molecular flexibility index (Phi) is 8.61. The second-order valence-corrected chi connectivity index (χ2v) is 5.28. The number of nitrogens with one attached hydrogen (secondary N) is 1. The van der Waals surface area contributed by atoms with Gasteiger partial charge in [0.25, 0.3) is 0 Å². The van der Waals surface area contributed by atoms with Crippen molar-refractivity contribution in [2.75, 3.05) is 19.7 Å². The van der Waals surface area contributed by atoms with Gasteiger partial charge < -0.3 is 15.8 Å². The molecule has 21 heavy (non-hydrogen) atoms. The number of rotatable bonds is 11. The van der Waals surface area contributed by atoms with E-state index in [-0.39, 0.29) is 18.6 Å². The molecule has 0 spiro atoms. The minimum Gasteiger partial charge on any atom is -0.379 e. The predicted octanol–water partition coefficient (Wildman–Crippen LogP) is 0.491. The Hall–Kier alpha value is -1.47. The first-order valence-corrected chi connectivity index (χ1v) is 7.59. The minimum absolute atomic E-state index is 0.0574. The van der Waals surface area contributed by atoms with Gasteiger partial charge >= 0.3 is 0 Å². The van der Waals surface area contributed by atoms with Gasteiger partial charge in [0.15, 0.2) is 0 Å². The number of carbonyl (C=O) groups excluding carboxylic acids is 1. The largest absolute Gasteiger partial charge is 0.379 e. The van der Waals surface area contributed by atoms with Crippen molar-refractivity contribution in [1.29, 1.82) is 0 Å². The first-order valence-electron chi connectivity index (χ1n) is 7.59. The second-order valence-electron chi connectivity index (χ2n) is 5.28. The van der Waals surface area contributed by atoms with Gasteiger partial charge in [-0.25, -0.2) is 4.68 Å². The number of aromatic nitrogens is 3. The molecular formula is C14H27N5O2. The van der Waals surface area contributed by atoms with Crippen LogP contribution in [0.4, 0.5) is 0 Å². The van der Waals surface area contributed by atoms with Gasteiger partial charge in [-0.15, -0.1) is 5.10 Å². The Bertz CT molecular complexity index is 406. The molecule has 0 saturated heterocycles. The smallest absolute Gasteiger partial charge is 0.241 e. The van der Waals surface area contributed by atoms with Gasteiger partial charge in [-0.1, -0.05) is 5.21 Å². The minimum atomic E-state index is -0.0574. The Labute approximate surface area is 126 Å². The van der Waals surface area contributed by atoms with E-state index in [0.717, 1.165) is 31.4 Å². The molecule has 0 aliphatic heterocycles. The lowest BCUT2D eigenvalue weighted by Gasteiger charge is -2.08. The number of hydrogen-bond donors (Lipinski definition) is 2. The quantitative estimate of drug-likeness (QED) is 0.580. The lowest BCUT2D eigenvalue weighted by Crippen LogP contribution is -2.29. The first-order chi connectivity index (χ1) is 10.1. The van der Waals surface area contributed by atoms with E-state index in [4.69, 9.17) is 10.5 Å². The summed E-state index contributed by atoms with van der Waals surface area (Å²) >= 11 is 0. The fourth-order valence-electron chi connectivity index (χ4n) is 1.80. The van der Waals surface area contributed by atoms with Crippen LogP contribution in [-0.4, -0.2) is 46.7 Å². The van der Waals surface area contributed by atoms with Gasteiger partial charge in [-0.2, -0.15) is 0 Å². The molecule has 0 atom stereocenters. The van der Waals surface area contributed by atoms with E-state index in [9.17, 15) is 4.79 Å². The number of hydrogen-bond acceptors (Lipinski definition) is 5. The van der Waals surface area contributed by atoms with Crippen molar-refractivity contribution in [3.8, 4) is 0 Å². The number of carbonyl (C=O) groups is 1. The van der Waals surface area contributed by atoms with E-state index < -0.39 is 0 Å². The van der Waals surface area contributed by atoms with E-state index in [1.807, 2.05) is 20.0 Å². The van der Waals surface area contributed by atoms with Gasteiger partial charge in [0.1, 0.15) is 6.54 Å². The average Bonchev–Trinajstić information content (AvgIpc) is 2.86. The van der Waals surface area contributed by atoms with Crippen LogP contribution in [0.2, 0.25) is 0 Å². The van der Waals surface area contributed by atoms with Gasteiger partial charge in [-0.05, 0) is 46.1 Å². The maximum absolute atomic E-state index is 11.7. The SMILES string of the molecule is CC(C)OCCCNC(=O)Cn1cc(CCCCN)nn1. The van der Waals surface area contributed by atoms with E-state index in [2.05, 4.69) is 15.6 Å². The number of unbranched alkanes of at least 4 members (excludes halogenated alkanes) is 1. The molecule has 1 heterocycles. The Balaban J connectivity index is 2.16. The maximum atomic E-state index is 11.7. The predicted molar refractivity (Wildman–Crippen MR) is 80.7 cm³/mol. The van der Waals surface area contributed by atoms with Crippen molar-refractivity contribution in [2.45, 2.75) is 52.2 Å². The highest BCUT2D eigenvalue weighted by Crippen LogP contribution is 2.00. The van der Waals surface area contributed by atoms with E-state index in [1.165, 1.54) is 0 Å². The summed E-state index contributed by atoms with van der Waals surface area (Å²) in [6, 6.07) is 0. The van der Waals surface area contributed by atoms with Crippen molar-refractivity contribution in [3.05, 3.63) is 11.9 Å². The molecule has 0 fully saturated rings. The summed E-state index contributed by atoms with van der Waals surface area (Å²) in [5, 5.41) is 10.8. The second kappa shape index (κ2) is 10.3. The van der Waals surface area contributed by atoms with Crippen LogP contribution >= 0.6 is 0 Å². The van der Waals surface area contributed by atoms with Crippen LogP contribution in [-0.2, 0) is 22.5 Å². The van der Waals surface area contributed by atoms with Crippen molar-refractivity contribution in [1.82, 2.24) is 20.3 Å². The van der Waals surface area contributed by atoms with Crippen LogP contribution in [0.25, 0.3) is 0 Å². The van der Waals surface area contributed by atoms with E-state index in [0.29, 0.717) is 19.7 Å². The topological polar surface area (TPSA) is 95.1 Å². The summed E-state index contributed by atoms with van der Waals surface area (Å²) in [5.41, 5.74) is 6.35. The molecule has 0 aliphatic carbocycles. The van der Waals surface area contributed by atoms with Crippen molar-refractivity contribution < 1.29 is 9.53 Å². The third-order valence-corrected chi connectivity index (χ3v) is 2.87. The molecule has 7 heteroatoms. The van der Waals surface area contributed by atoms with Crippen LogP contribution in [0.5, 0.6) is 0 Å². The molecule has 1 rings (SSSR count). The molecule has 1 amide bonds. The third kappa shape index (κ3) is 8.41. The maximum Gasteiger partial charge on any atom is 0.241 e. The lowest BCUT2D eigenvalue weighted by molar-refractivity contribution is -0.121. The summed E-state index contributed by atoms with van der Waals surface area (Å²) in [5.74, 6) is -0.0574. The molecule has 120 valence electrons. The zero-order chi connectivity index (χ0) is 15.5. The van der Waals surface area contributed by atoms with E-state index >= 15 is 0 Å². The monoisotopic (exact) mass is 297 g/mol. The summed E-state index contributed by atoms with van der Waals surface area (Å²) in [6.07, 6.45) is 5.69. The van der Waals surface area contributed by atoms with Crippen LogP contribution < -0.4 is 11.1 Å². The molecule has 0 unspecified atom stereocenters. The summed E-state index contributed by atoms with van der Waals surface area (Å²) in [4.78, 5) is 11.7. The molecule has 7 nitrogen and oxygen atoms in total. The van der Waals surface area contributed by atoms with Gasteiger partial charge in [0, 0.05) is 19.3 Å². The number of nitrogens with zero attached hydrogens (tertiary/aromatic N) is 3. The molecule has 0 aromatic carbocycles. The molecular weight excluding hydrogens is 270 g/mol. The molecule has 0 aliphatic rings. The Morgan fingerprint density at radius 1 is 1.43 bits per heavy atom. The molecule has 1 aromatic rings. The van der Waals surface area contributed by atoms with Crippen molar-refractivity contribution in [3.63, 3.8) is 0 Å². The average molecular weight is 297 g/mol. The fraction of sp³-hybridized carbons (Fsp3) is 0.786. The molecule has 0 radical (unpaired) electrons. The Morgan fingerprint density at radius 3 is 2.95 bits per heavy atom. The van der Waals surface area contributed by atoms with Gasteiger partial charge in [-0.3, -0.25) is 4.79 Å². The lowest BCUT2D eigenvalue weighted by atomic mass is 10.2. The highest BCUT2D eigenvalue weighted by atomic mass is 16.5. The molecule has 3 N–H and O–H groups in total. The third-order valence-electron chi connectivity index (χ3n) is 2.87. The first kappa shape index (κ1) is 17.6. The van der Waals surface area contributed by atoms with Crippen molar-refractivity contribution in [2.24, 2.45) is 5.73 Å². The number of amides is 1. The summed E-state index contributed by atoms with van der Waals surface area (Å²) in [7, 11) is 0. The van der Waals surface area contributed by atoms with Crippen LogP contribution in [0.15, 0.2) is 6.20 Å². The van der Waals surface area contributed by atoms with Gasteiger partial charge in [0.05, 0.1) is 11.8 Å². The van der Waals surface area contributed by atoms with Crippen LogP contribution in [0.3, 0.4) is 0 Å². The highest BCUT2D eigenvalue weighted by Gasteiger charge is 2.05. The van der Waals surface area contributed by atoms with E-state index in [1.54, 1.807) is 4.68 Å². The zero-order valence-electron chi connectivity index (χ0n) is 13.0. The summed E-state index contributed by atoms with van der Waals surface area (Å²) < 4.78 is 6.97. The number of nitrogens with two attached hydrogens (primary N) is 1. The highest BCUT2D eigenvalue weighted by molar-refractivity contribution is 5.75. The zero-order valence-corrected chi connectivity index (χ0v) is 13.0. The normalized spacial score (nSPS) is 11.0. The van der Waals surface area contributed by atoms with Crippen LogP contribution in [0, 0.1) is 0 Å². The van der Waals surface area contributed by atoms with Gasteiger partial charge in [0.2, 0.25) is 5.91 Å². The molecule has 0 saturated carbocycles. The van der Waals surface area contributed by atoms with Crippen LogP contribution in [0.1, 0.15) is 38.8 Å². The number of aryl methyl sites for hydroxylation is 1. The van der Waals surface area contributed by atoms with Crippen molar-refractivity contribution >= 4 is 5.91 Å². The molecule has 0 bridgehead atoms. The number of ether oxygens (including phenoxy) is 1. The molecule has 1 aromatic heterocycles.